The van der Waals surface area contributed by atoms with Crippen LogP contribution >= 0.6 is 24.0 Å². The molecular formula is C25H35IN6O. The molecule has 2 N–H and O–H groups in total. The van der Waals surface area contributed by atoms with Crippen LogP contribution in [0.4, 0.5) is 0 Å². The van der Waals surface area contributed by atoms with Gasteiger partial charge in [0.05, 0.1) is 12.2 Å². The average Bonchev–Trinajstić information content (AvgIpc) is 3.33. The summed E-state index contributed by atoms with van der Waals surface area (Å²) in [6, 6.07) is 18.5. The maximum Gasteiger partial charge on any atom is 0.191 e. The van der Waals surface area contributed by atoms with E-state index < -0.39 is 0 Å². The number of ether oxygens (including phenoxy) is 1. The fourth-order valence-corrected chi connectivity index (χ4v) is 3.18. The Morgan fingerprint density at radius 1 is 1.06 bits per heavy atom. The normalized spacial score (nSPS) is 11.2. The zero-order valence-corrected chi connectivity index (χ0v) is 22.0. The molecule has 0 radical (unpaired) electrons. The Labute approximate surface area is 214 Å². The number of likely N-dealkylation sites (N-methyl/N-ethyl adjacent to an activating group) is 1. The molecule has 0 saturated heterocycles. The SMILES string of the molecule is CCNC(=NCc1ccccc1OCCN(C)C)NCCc1ccc(-n2cccn2)cc1.I. The molecule has 0 amide bonds. The predicted molar refractivity (Wildman–Crippen MR) is 146 cm³/mol. The number of nitrogens with zero attached hydrogens (tertiary/aromatic N) is 4. The van der Waals surface area contributed by atoms with Crippen molar-refractivity contribution in [2.24, 2.45) is 4.99 Å². The molecule has 0 spiro atoms. The van der Waals surface area contributed by atoms with E-state index in [1.807, 2.05) is 49.2 Å². The summed E-state index contributed by atoms with van der Waals surface area (Å²) in [5.41, 5.74) is 3.41. The van der Waals surface area contributed by atoms with Crippen molar-refractivity contribution in [1.82, 2.24) is 25.3 Å². The molecule has 8 heteroatoms. The fraction of sp³-hybridized carbons (Fsp3) is 0.360. The number of hydrogen-bond donors (Lipinski definition) is 2. The monoisotopic (exact) mass is 562 g/mol. The van der Waals surface area contributed by atoms with Crippen LogP contribution < -0.4 is 15.4 Å². The van der Waals surface area contributed by atoms with Gasteiger partial charge in [-0.05, 0) is 57.3 Å². The number of hydrogen-bond acceptors (Lipinski definition) is 4. The number of aromatic nitrogens is 2. The van der Waals surface area contributed by atoms with Gasteiger partial charge in [-0.25, -0.2) is 9.67 Å². The van der Waals surface area contributed by atoms with Crippen LogP contribution in [0, 0.1) is 0 Å². The van der Waals surface area contributed by atoms with Gasteiger partial charge in [0.2, 0.25) is 0 Å². The second-order valence-corrected chi connectivity index (χ2v) is 7.75. The first-order valence-corrected chi connectivity index (χ1v) is 11.1. The fourth-order valence-electron chi connectivity index (χ4n) is 3.18. The summed E-state index contributed by atoms with van der Waals surface area (Å²) in [5, 5.41) is 11.0. The maximum atomic E-state index is 5.96. The van der Waals surface area contributed by atoms with Gasteiger partial charge in [-0.1, -0.05) is 30.3 Å². The highest BCUT2D eigenvalue weighted by atomic mass is 127. The van der Waals surface area contributed by atoms with Crippen molar-refractivity contribution < 1.29 is 4.74 Å². The molecule has 33 heavy (non-hydrogen) atoms. The second kappa shape index (κ2) is 14.5. The Balaban J connectivity index is 0.00000385. The summed E-state index contributed by atoms with van der Waals surface area (Å²) >= 11 is 0. The number of guanidine groups is 1. The van der Waals surface area contributed by atoms with Gasteiger partial charge >= 0.3 is 0 Å². The molecule has 178 valence electrons. The number of para-hydroxylation sites is 1. The molecule has 7 nitrogen and oxygen atoms in total. The largest absolute Gasteiger partial charge is 0.492 e. The van der Waals surface area contributed by atoms with E-state index in [2.05, 4.69) is 57.9 Å². The molecule has 2 aromatic carbocycles. The third kappa shape index (κ3) is 9.05. The van der Waals surface area contributed by atoms with E-state index in [9.17, 15) is 0 Å². The first-order chi connectivity index (χ1) is 15.7. The van der Waals surface area contributed by atoms with Crippen LogP contribution in [0.1, 0.15) is 18.1 Å². The van der Waals surface area contributed by atoms with Crippen molar-refractivity contribution in [2.75, 3.05) is 40.3 Å². The molecule has 0 bridgehead atoms. The Bertz CT molecular complexity index is 957. The summed E-state index contributed by atoms with van der Waals surface area (Å²) in [4.78, 5) is 6.87. The van der Waals surface area contributed by atoms with Crippen molar-refractivity contribution in [1.29, 1.82) is 0 Å². The Hall–Kier alpha value is -2.59. The lowest BCUT2D eigenvalue weighted by Crippen LogP contribution is -2.38. The Kier molecular flexibility index (Phi) is 11.7. The van der Waals surface area contributed by atoms with Gasteiger partial charge in [-0.3, -0.25) is 0 Å². The summed E-state index contributed by atoms with van der Waals surface area (Å²) in [6.07, 6.45) is 4.64. The lowest BCUT2D eigenvalue weighted by atomic mass is 10.1. The van der Waals surface area contributed by atoms with E-state index in [1.165, 1.54) is 5.56 Å². The lowest BCUT2D eigenvalue weighted by Gasteiger charge is -2.14. The number of halogens is 1. The maximum absolute atomic E-state index is 5.96. The van der Waals surface area contributed by atoms with Gasteiger partial charge < -0.3 is 20.3 Å². The average molecular weight is 563 g/mol. The van der Waals surface area contributed by atoms with Crippen molar-refractivity contribution in [2.45, 2.75) is 19.9 Å². The van der Waals surface area contributed by atoms with Crippen molar-refractivity contribution in [3.8, 4) is 11.4 Å². The van der Waals surface area contributed by atoms with Crippen LogP contribution in [0.25, 0.3) is 5.69 Å². The highest BCUT2D eigenvalue weighted by Gasteiger charge is 2.05. The van der Waals surface area contributed by atoms with E-state index in [1.54, 1.807) is 6.20 Å². The highest BCUT2D eigenvalue weighted by Crippen LogP contribution is 2.18. The quantitative estimate of drug-likeness (QED) is 0.212. The molecule has 0 aliphatic carbocycles. The van der Waals surface area contributed by atoms with Crippen LogP contribution in [0.15, 0.2) is 72.0 Å². The van der Waals surface area contributed by atoms with Crippen molar-refractivity contribution in [3.63, 3.8) is 0 Å². The number of benzene rings is 2. The molecule has 0 atom stereocenters. The van der Waals surface area contributed by atoms with E-state index in [-0.39, 0.29) is 24.0 Å². The topological polar surface area (TPSA) is 66.7 Å². The molecule has 0 saturated carbocycles. The molecule has 0 aliphatic heterocycles. The van der Waals surface area contributed by atoms with E-state index in [0.29, 0.717) is 13.2 Å². The van der Waals surface area contributed by atoms with E-state index in [4.69, 9.17) is 9.73 Å². The smallest absolute Gasteiger partial charge is 0.191 e. The lowest BCUT2D eigenvalue weighted by molar-refractivity contribution is 0.259. The summed E-state index contributed by atoms with van der Waals surface area (Å²) in [6.45, 7) is 5.78. The Morgan fingerprint density at radius 2 is 1.85 bits per heavy atom. The van der Waals surface area contributed by atoms with Crippen LogP contribution in [0.2, 0.25) is 0 Å². The molecule has 3 aromatic rings. The first-order valence-electron chi connectivity index (χ1n) is 11.1. The van der Waals surface area contributed by atoms with E-state index in [0.717, 1.165) is 49.0 Å². The molecule has 1 heterocycles. The van der Waals surface area contributed by atoms with Crippen LogP contribution in [-0.4, -0.2) is 61.0 Å². The molecule has 1 aromatic heterocycles. The van der Waals surface area contributed by atoms with Gasteiger partial charge in [-0.2, -0.15) is 5.10 Å². The number of nitrogens with one attached hydrogen (secondary N) is 2. The van der Waals surface area contributed by atoms with Gasteiger partial charge in [0, 0.05) is 37.6 Å². The minimum atomic E-state index is 0. The zero-order chi connectivity index (χ0) is 22.6. The highest BCUT2D eigenvalue weighted by molar-refractivity contribution is 14.0. The summed E-state index contributed by atoms with van der Waals surface area (Å²) < 4.78 is 7.82. The molecule has 0 fully saturated rings. The van der Waals surface area contributed by atoms with Gasteiger partial charge in [-0.15, -0.1) is 24.0 Å². The summed E-state index contributed by atoms with van der Waals surface area (Å²) in [5.74, 6) is 1.70. The minimum absolute atomic E-state index is 0. The van der Waals surface area contributed by atoms with Crippen molar-refractivity contribution in [3.05, 3.63) is 78.1 Å². The van der Waals surface area contributed by atoms with Gasteiger partial charge in [0.1, 0.15) is 12.4 Å². The number of aliphatic imine (C=N–C) groups is 1. The molecule has 0 aliphatic rings. The van der Waals surface area contributed by atoms with E-state index >= 15 is 0 Å². The van der Waals surface area contributed by atoms with Gasteiger partial charge in [0.25, 0.3) is 0 Å². The zero-order valence-electron chi connectivity index (χ0n) is 19.7. The predicted octanol–water partition coefficient (Wildman–Crippen LogP) is 3.73. The third-order valence-corrected chi connectivity index (χ3v) is 4.93. The number of rotatable bonds is 11. The van der Waals surface area contributed by atoms with Gasteiger partial charge in [0.15, 0.2) is 5.96 Å². The molecule has 3 rings (SSSR count). The molecule has 0 unspecified atom stereocenters. The standard InChI is InChI=1S/C25H34N6O.HI/c1-4-26-25(28-20-22-8-5-6-9-24(22)32-19-18-30(2)3)27-16-14-21-10-12-23(13-11-21)31-17-7-15-29-31;/h5-13,15,17H,4,14,16,18-20H2,1-3H3,(H2,26,27,28);1H. The minimum Gasteiger partial charge on any atom is -0.492 e. The Morgan fingerprint density at radius 3 is 2.55 bits per heavy atom. The third-order valence-electron chi connectivity index (χ3n) is 4.93. The molecular weight excluding hydrogens is 527 g/mol. The van der Waals surface area contributed by atoms with Crippen LogP contribution in [0.3, 0.4) is 0 Å². The summed E-state index contributed by atoms with van der Waals surface area (Å²) in [7, 11) is 4.09. The van der Waals surface area contributed by atoms with Crippen molar-refractivity contribution >= 4 is 29.9 Å². The van der Waals surface area contributed by atoms with Crippen LogP contribution in [-0.2, 0) is 13.0 Å². The first kappa shape index (κ1) is 26.7. The second-order valence-electron chi connectivity index (χ2n) is 7.75. The van der Waals surface area contributed by atoms with Crippen LogP contribution in [0.5, 0.6) is 5.75 Å².